The van der Waals surface area contributed by atoms with Gasteiger partial charge in [0.25, 0.3) is 0 Å². The molecule has 3 nitrogen and oxygen atoms in total. The molecule has 0 spiro atoms. The van der Waals surface area contributed by atoms with Crippen molar-refractivity contribution in [2.24, 2.45) is 0 Å². The van der Waals surface area contributed by atoms with Crippen molar-refractivity contribution in [1.82, 2.24) is 10.2 Å². The zero-order valence-corrected chi connectivity index (χ0v) is 10.1. The SMILES string of the molecule is CNCCCOc1ccc2c(c1)CN(C)C2. The molecule has 0 fully saturated rings. The molecule has 0 aliphatic carbocycles. The molecule has 3 heteroatoms. The summed E-state index contributed by atoms with van der Waals surface area (Å²) in [6.45, 7) is 3.90. The Hall–Kier alpha value is -1.06. The number of hydrogen-bond donors (Lipinski definition) is 1. The Kier molecular flexibility index (Phi) is 3.80. The van der Waals surface area contributed by atoms with Gasteiger partial charge in [-0.25, -0.2) is 0 Å². The highest BCUT2D eigenvalue weighted by Crippen LogP contribution is 2.25. The van der Waals surface area contributed by atoms with E-state index in [1.165, 1.54) is 11.1 Å². The normalized spacial score (nSPS) is 15.1. The van der Waals surface area contributed by atoms with Crippen LogP contribution in [0.1, 0.15) is 17.5 Å². The van der Waals surface area contributed by atoms with Crippen LogP contribution in [-0.4, -0.2) is 32.1 Å². The van der Waals surface area contributed by atoms with E-state index in [1.54, 1.807) is 0 Å². The fourth-order valence-electron chi connectivity index (χ4n) is 2.07. The van der Waals surface area contributed by atoms with Gasteiger partial charge >= 0.3 is 0 Å². The molecule has 0 atom stereocenters. The fraction of sp³-hybridized carbons (Fsp3) is 0.538. The van der Waals surface area contributed by atoms with E-state index in [9.17, 15) is 0 Å². The molecule has 0 bridgehead atoms. The van der Waals surface area contributed by atoms with Crippen LogP contribution >= 0.6 is 0 Å². The Morgan fingerprint density at radius 1 is 1.31 bits per heavy atom. The van der Waals surface area contributed by atoms with Crippen LogP contribution in [0.15, 0.2) is 18.2 Å². The number of nitrogens with zero attached hydrogens (tertiary/aromatic N) is 1. The van der Waals surface area contributed by atoms with E-state index >= 15 is 0 Å². The molecule has 0 unspecified atom stereocenters. The molecular formula is C13H20N2O. The maximum absolute atomic E-state index is 5.71. The van der Waals surface area contributed by atoms with Crippen molar-refractivity contribution in [2.75, 3.05) is 27.2 Å². The van der Waals surface area contributed by atoms with Gasteiger partial charge in [0.1, 0.15) is 5.75 Å². The van der Waals surface area contributed by atoms with Gasteiger partial charge in [0.15, 0.2) is 0 Å². The fourth-order valence-corrected chi connectivity index (χ4v) is 2.07. The molecule has 1 heterocycles. The summed E-state index contributed by atoms with van der Waals surface area (Å²) >= 11 is 0. The first-order chi connectivity index (χ1) is 7.79. The number of rotatable bonds is 5. The van der Waals surface area contributed by atoms with Crippen molar-refractivity contribution >= 4 is 0 Å². The molecule has 1 aliphatic rings. The number of fused-ring (bicyclic) bond motifs is 1. The van der Waals surface area contributed by atoms with Crippen LogP contribution in [-0.2, 0) is 13.1 Å². The predicted octanol–water partition coefficient (Wildman–Crippen LogP) is 1.62. The second-order valence-corrected chi connectivity index (χ2v) is 4.41. The van der Waals surface area contributed by atoms with Crippen molar-refractivity contribution in [2.45, 2.75) is 19.5 Å². The highest BCUT2D eigenvalue weighted by molar-refractivity contribution is 5.37. The third-order valence-electron chi connectivity index (χ3n) is 2.90. The minimum atomic E-state index is 0.787. The van der Waals surface area contributed by atoms with Crippen molar-refractivity contribution in [3.63, 3.8) is 0 Å². The van der Waals surface area contributed by atoms with Crippen LogP contribution in [0.4, 0.5) is 0 Å². The summed E-state index contributed by atoms with van der Waals surface area (Å²) in [5.41, 5.74) is 2.85. The maximum Gasteiger partial charge on any atom is 0.119 e. The van der Waals surface area contributed by atoms with Gasteiger partial charge in [-0.15, -0.1) is 0 Å². The highest BCUT2D eigenvalue weighted by Gasteiger charge is 2.15. The Morgan fingerprint density at radius 2 is 2.12 bits per heavy atom. The number of hydrogen-bond acceptors (Lipinski definition) is 3. The van der Waals surface area contributed by atoms with Crippen molar-refractivity contribution < 1.29 is 4.74 Å². The summed E-state index contributed by atoms with van der Waals surface area (Å²) < 4.78 is 5.71. The molecule has 0 saturated heterocycles. The van der Waals surface area contributed by atoms with Gasteiger partial charge in [-0.3, -0.25) is 4.90 Å². The van der Waals surface area contributed by atoms with Gasteiger partial charge in [0, 0.05) is 13.1 Å². The average molecular weight is 220 g/mol. The van der Waals surface area contributed by atoms with Gasteiger partial charge in [-0.05, 0) is 50.3 Å². The summed E-state index contributed by atoms with van der Waals surface area (Å²) in [7, 11) is 4.11. The van der Waals surface area contributed by atoms with Crippen LogP contribution in [0.2, 0.25) is 0 Å². The molecule has 0 radical (unpaired) electrons. The molecule has 1 aromatic rings. The molecule has 0 saturated carbocycles. The summed E-state index contributed by atoms with van der Waals surface area (Å²) in [5.74, 6) is 1.00. The Morgan fingerprint density at radius 3 is 2.94 bits per heavy atom. The quantitative estimate of drug-likeness (QED) is 0.763. The molecule has 16 heavy (non-hydrogen) atoms. The van der Waals surface area contributed by atoms with E-state index in [-0.39, 0.29) is 0 Å². The van der Waals surface area contributed by atoms with Crippen LogP contribution in [0.5, 0.6) is 5.75 Å². The van der Waals surface area contributed by atoms with Gasteiger partial charge in [-0.2, -0.15) is 0 Å². The minimum Gasteiger partial charge on any atom is -0.494 e. The zero-order chi connectivity index (χ0) is 11.4. The van der Waals surface area contributed by atoms with Gasteiger partial charge < -0.3 is 10.1 Å². The lowest BCUT2D eigenvalue weighted by Gasteiger charge is -2.07. The number of nitrogens with one attached hydrogen (secondary N) is 1. The lowest BCUT2D eigenvalue weighted by molar-refractivity contribution is 0.309. The third-order valence-corrected chi connectivity index (χ3v) is 2.90. The first kappa shape index (κ1) is 11.4. The topological polar surface area (TPSA) is 24.5 Å². The summed E-state index contributed by atoms with van der Waals surface area (Å²) in [5, 5.41) is 3.11. The second-order valence-electron chi connectivity index (χ2n) is 4.41. The zero-order valence-electron chi connectivity index (χ0n) is 10.1. The van der Waals surface area contributed by atoms with E-state index in [0.29, 0.717) is 0 Å². The molecule has 1 aliphatic heterocycles. The molecule has 2 rings (SSSR count). The Balaban J connectivity index is 1.90. The van der Waals surface area contributed by atoms with Crippen LogP contribution in [0.3, 0.4) is 0 Å². The average Bonchev–Trinajstić information content (AvgIpc) is 2.64. The van der Waals surface area contributed by atoms with Crippen LogP contribution in [0.25, 0.3) is 0 Å². The van der Waals surface area contributed by atoms with Gasteiger partial charge in [0.2, 0.25) is 0 Å². The number of ether oxygens (including phenoxy) is 1. The summed E-state index contributed by atoms with van der Waals surface area (Å²) in [4.78, 5) is 2.31. The summed E-state index contributed by atoms with van der Waals surface area (Å²) in [6, 6.07) is 6.45. The van der Waals surface area contributed by atoms with Gasteiger partial charge in [0.05, 0.1) is 6.61 Å². The molecule has 0 aromatic heterocycles. The lowest BCUT2D eigenvalue weighted by Crippen LogP contribution is -2.11. The first-order valence-electron chi connectivity index (χ1n) is 5.87. The Labute approximate surface area is 97.4 Å². The Bertz CT molecular complexity index is 352. The summed E-state index contributed by atoms with van der Waals surface area (Å²) in [6.07, 6.45) is 1.05. The van der Waals surface area contributed by atoms with E-state index in [0.717, 1.165) is 38.4 Å². The minimum absolute atomic E-state index is 0.787. The largest absolute Gasteiger partial charge is 0.494 e. The highest BCUT2D eigenvalue weighted by atomic mass is 16.5. The second kappa shape index (κ2) is 5.32. The van der Waals surface area contributed by atoms with Gasteiger partial charge in [-0.1, -0.05) is 6.07 Å². The van der Waals surface area contributed by atoms with E-state index in [4.69, 9.17) is 4.74 Å². The smallest absolute Gasteiger partial charge is 0.119 e. The van der Waals surface area contributed by atoms with Crippen molar-refractivity contribution in [3.05, 3.63) is 29.3 Å². The number of benzene rings is 1. The molecule has 0 amide bonds. The van der Waals surface area contributed by atoms with Crippen LogP contribution in [0, 0.1) is 0 Å². The predicted molar refractivity (Wildman–Crippen MR) is 65.7 cm³/mol. The lowest BCUT2D eigenvalue weighted by atomic mass is 10.1. The molecule has 1 aromatic carbocycles. The van der Waals surface area contributed by atoms with E-state index in [2.05, 4.69) is 35.5 Å². The molecular weight excluding hydrogens is 200 g/mol. The molecule has 88 valence electrons. The maximum atomic E-state index is 5.71. The third kappa shape index (κ3) is 2.74. The van der Waals surface area contributed by atoms with E-state index in [1.807, 2.05) is 7.05 Å². The van der Waals surface area contributed by atoms with Crippen molar-refractivity contribution in [3.8, 4) is 5.75 Å². The standard InChI is InChI=1S/C13H20N2O/c1-14-6-3-7-16-13-5-4-11-9-15(2)10-12(11)8-13/h4-5,8,14H,3,6-7,9-10H2,1-2H3. The van der Waals surface area contributed by atoms with Crippen molar-refractivity contribution in [1.29, 1.82) is 0 Å². The molecule has 1 N–H and O–H groups in total. The van der Waals surface area contributed by atoms with E-state index < -0.39 is 0 Å². The van der Waals surface area contributed by atoms with Crippen LogP contribution < -0.4 is 10.1 Å². The monoisotopic (exact) mass is 220 g/mol. The first-order valence-corrected chi connectivity index (χ1v) is 5.87.